The number of nitrogens with zero attached hydrogens (tertiary/aromatic N) is 1. The van der Waals surface area contributed by atoms with Crippen LogP contribution in [0.15, 0.2) is 12.1 Å². The lowest BCUT2D eigenvalue weighted by Crippen LogP contribution is -2.33. The Bertz CT molecular complexity index is 530. The summed E-state index contributed by atoms with van der Waals surface area (Å²) in [6.45, 7) is 4.18. The number of carbonyl (C=O) groups is 1. The number of fused-ring (bicyclic) bond motifs is 1. The summed E-state index contributed by atoms with van der Waals surface area (Å²) in [5, 5.41) is 0. The molecule has 0 saturated heterocycles. The normalized spacial score (nSPS) is 22.0. The van der Waals surface area contributed by atoms with Crippen molar-refractivity contribution in [3.05, 3.63) is 28.8 Å². The van der Waals surface area contributed by atoms with Crippen molar-refractivity contribution in [2.45, 2.75) is 44.6 Å². The van der Waals surface area contributed by atoms with Crippen molar-refractivity contribution in [2.75, 3.05) is 11.9 Å². The summed E-state index contributed by atoms with van der Waals surface area (Å²) in [7, 11) is 1.88. The van der Waals surface area contributed by atoms with Crippen LogP contribution in [0.2, 0.25) is 0 Å². The van der Waals surface area contributed by atoms with Crippen LogP contribution in [0.4, 0.5) is 5.69 Å². The van der Waals surface area contributed by atoms with E-state index in [2.05, 4.69) is 26.0 Å². The van der Waals surface area contributed by atoms with Gasteiger partial charge in [-0.25, -0.2) is 0 Å². The summed E-state index contributed by atoms with van der Waals surface area (Å²) in [6, 6.07) is 4.51. The van der Waals surface area contributed by atoms with Crippen LogP contribution in [0.3, 0.4) is 0 Å². The molecule has 0 radical (unpaired) electrons. The first-order valence-corrected chi connectivity index (χ1v) is 6.62. The molecular weight excluding hydrogens is 224 g/mol. The number of aryl methyl sites for hydroxylation is 1. The summed E-state index contributed by atoms with van der Waals surface area (Å²) >= 11 is 0. The van der Waals surface area contributed by atoms with Gasteiger partial charge in [0.15, 0.2) is 0 Å². The molecule has 2 N–H and O–H groups in total. The van der Waals surface area contributed by atoms with Crippen molar-refractivity contribution in [1.82, 2.24) is 0 Å². The minimum atomic E-state index is 0.106. The number of rotatable bonds is 2. The van der Waals surface area contributed by atoms with Crippen molar-refractivity contribution in [1.29, 1.82) is 0 Å². The summed E-state index contributed by atoms with van der Waals surface area (Å²) in [5.41, 5.74) is 11.1. The van der Waals surface area contributed by atoms with Gasteiger partial charge in [0.1, 0.15) is 0 Å². The predicted octanol–water partition coefficient (Wildman–Crippen LogP) is 1.89. The number of amides is 1. The van der Waals surface area contributed by atoms with E-state index in [4.69, 9.17) is 5.73 Å². The fourth-order valence-corrected chi connectivity index (χ4v) is 3.28. The number of anilines is 1. The van der Waals surface area contributed by atoms with Gasteiger partial charge in [-0.05, 0) is 37.8 Å². The van der Waals surface area contributed by atoms with Gasteiger partial charge in [0.2, 0.25) is 5.91 Å². The van der Waals surface area contributed by atoms with Gasteiger partial charge in [0, 0.05) is 18.5 Å². The van der Waals surface area contributed by atoms with Crippen molar-refractivity contribution in [3.63, 3.8) is 0 Å². The molecule has 1 unspecified atom stereocenters. The Morgan fingerprint density at radius 3 is 2.61 bits per heavy atom. The van der Waals surface area contributed by atoms with E-state index in [0.29, 0.717) is 6.42 Å². The van der Waals surface area contributed by atoms with Crippen LogP contribution in [0, 0.1) is 6.92 Å². The van der Waals surface area contributed by atoms with E-state index in [1.807, 2.05) is 11.9 Å². The number of nitrogens with two attached hydrogens (primary N) is 1. The molecule has 18 heavy (non-hydrogen) atoms. The standard InChI is InChI=1S/C15H20N2O/c1-9-6-11-8-13(18)17(3)14(11)12(7-9)15(4-5-15)10(2)16/h6-7,10H,4-5,8,16H2,1-3H3. The third-order valence-electron chi connectivity index (χ3n) is 4.58. The molecule has 2 aliphatic rings. The van der Waals surface area contributed by atoms with Gasteiger partial charge in [-0.15, -0.1) is 0 Å². The van der Waals surface area contributed by atoms with Crippen molar-refractivity contribution < 1.29 is 4.79 Å². The Balaban J connectivity index is 2.20. The molecule has 1 saturated carbocycles. The van der Waals surface area contributed by atoms with Gasteiger partial charge in [-0.3, -0.25) is 4.79 Å². The summed E-state index contributed by atoms with van der Waals surface area (Å²) in [5.74, 6) is 0.192. The van der Waals surface area contributed by atoms with Crippen LogP contribution in [0.25, 0.3) is 0 Å². The fourth-order valence-electron chi connectivity index (χ4n) is 3.28. The second-order valence-electron chi connectivity index (χ2n) is 5.89. The Morgan fingerprint density at radius 2 is 2.06 bits per heavy atom. The lowest BCUT2D eigenvalue weighted by atomic mass is 9.86. The molecule has 1 aliphatic heterocycles. The van der Waals surface area contributed by atoms with Crippen LogP contribution in [0.5, 0.6) is 0 Å². The fraction of sp³-hybridized carbons (Fsp3) is 0.533. The zero-order valence-corrected chi connectivity index (χ0v) is 11.3. The summed E-state index contributed by atoms with van der Waals surface area (Å²) in [6.07, 6.45) is 2.82. The Kier molecular flexibility index (Phi) is 2.33. The maximum absolute atomic E-state index is 11.9. The first kappa shape index (κ1) is 11.7. The monoisotopic (exact) mass is 244 g/mol. The van der Waals surface area contributed by atoms with E-state index in [0.717, 1.165) is 18.5 Å². The molecule has 0 spiro atoms. The average molecular weight is 244 g/mol. The van der Waals surface area contributed by atoms with Crippen LogP contribution >= 0.6 is 0 Å². The van der Waals surface area contributed by atoms with E-state index in [-0.39, 0.29) is 17.4 Å². The topological polar surface area (TPSA) is 46.3 Å². The Morgan fingerprint density at radius 1 is 1.39 bits per heavy atom. The third-order valence-corrected chi connectivity index (χ3v) is 4.58. The van der Waals surface area contributed by atoms with Crippen molar-refractivity contribution in [3.8, 4) is 0 Å². The molecule has 96 valence electrons. The molecule has 1 heterocycles. The molecule has 1 amide bonds. The minimum absolute atomic E-state index is 0.106. The molecule has 1 aromatic rings. The van der Waals surface area contributed by atoms with Gasteiger partial charge in [0.25, 0.3) is 0 Å². The summed E-state index contributed by atoms with van der Waals surface area (Å²) in [4.78, 5) is 13.7. The number of carbonyl (C=O) groups excluding carboxylic acids is 1. The molecule has 1 aromatic carbocycles. The highest BCUT2D eigenvalue weighted by Gasteiger charge is 2.50. The van der Waals surface area contributed by atoms with E-state index in [1.54, 1.807) is 0 Å². The highest BCUT2D eigenvalue weighted by atomic mass is 16.2. The van der Waals surface area contributed by atoms with Gasteiger partial charge in [0.05, 0.1) is 12.1 Å². The lowest BCUT2D eigenvalue weighted by Gasteiger charge is -2.26. The molecule has 0 bridgehead atoms. The Labute approximate surface area is 108 Å². The second kappa shape index (κ2) is 3.58. The number of hydrogen-bond donors (Lipinski definition) is 1. The smallest absolute Gasteiger partial charge is 0.231 e. The molecular formula is C15H20N2O. The zero-order chi connectivity index (χ0) is 13.1. The molecule has 1 atom stereocenters. The van der Waals surface area contributed by atoms with Crippen LogP contribution in [-0.4, -0.2) is 19.0 Å². The van der Waals surface area contributed by atoms with Crippen LogP contribution in [-0.2, 0) is 16.6 Å². The average Bonchev–Trinajstić information content (AvgIpc) is 3.03. The van der Waals surface area contributed by atoms with Crippen molar-refractivity contribution in [2.24, 2.45) is 5.73 Å². The first-order chi connectivity index (χ1) is 8.45. The Hall–Kier alpha value is -1.35. The van der Waals surface area contributed by atoms with E-state index in [9.17, 15) is 4.79 Å². The van der Waals surface area contributed by atoms with E-state index >= 15 is 0 Å². The molecule has 3 heteroatoms. The summed E-state index contributed by atoms with van der Waals surface area (Å²) < 4.78 is 0. The van der Waals surface area contributed by atoms with Gasteiger partial charge in [-0.1, -0.05) is 17.7 Å². The third kappa shape index (κ3) is 1.43. The molecule has 1 fully saturated rings. The number of benzene rings is 1. The van der Waals surface area contributed by atoms with Crippen molar-refractivity contribution >= 4 is 11.6 Å². The quantitative estimate of drug-likeness (QED) is 0.863. The minimum Gasteiger partial charge on any atom is -0.327 e. The van der Waals surface area contributed by atoms with Crippen LogP contribution in [0.1, 0.15) is 36.5 Å². The van der Waals surface area contributed by atoms with E-state index < -0.39 is 0 Å². The lowest BCUT2D eigenvalue weighted by molar-refractivity contribution is -0.117. The largest absolute Gasteiger partial charge is 0.327 e. The highest BCUT2D eigenvalue weighted by Crippen LogP contribution is 2.54. The highest BCUT2D eigenvalue weighted by molar-refractivity contribution is 6.02. The number of likely N-dealkylation sites (N-methyl/N-ethyl adjacent to an activating group) is 1. The molecule has 3 rings (SSSR count). The maximum Gasteiger partial charge on any atom is 0.231 e. The van der Waals surface area contributed by atoms with Gasteiger partial charge < -0.3 is 10.6 Å². The second-order valence-corrected chi connectivity index (χ2v) is 5.89. The SMILES string of the molecule is Cc1cc2c(c(C3(C(C)N)CC3)c1)N(C)C(=O)C2. The number of hydrogen-bond acceptors (Lipinski definition) is 2. The molecule has 1 aliphatic carbocycles. The van der Waals surface area contributed by atoms with E-state index in [1.165, 1.54) is 16.7 Å². The zero-order valence-electron chi connectivity index (χ0n) is 11.3. The van der Waals surface area contributed by atoms with Gasteiger partial charge >= 0.3 is 0 Å². The molecule has 0 aromatic heterocycles. The molecule has 3 nitrogen and oxygen atoms in total. The van der Waals surface area contributed by atoms with Crippen LogP contribution < -0.4 is 10.6 Å². The van der Waals surface area contributed by atoms with Gasteiger partial charge in [-0.2, -0.15) is 0 Å². The maximum atomic E-state index is 11.9. The predicted molar refractivity (Wildman–Crippen MR) is 72.9 cm³/mol. The first-order valence-electron chi connectivity index (χ1n) is 6.62.